The molecule has 6 heteroatoms. The lowest BCUT2D eigenvalue weighted by Crippen LogP contribution is -1.93. The molecule has 0 radical (unpaired) electrons. The summed E-state index contributed by atoms with van der Waals surface area (Å²) >= 11 is 1.42. The van der Waals surface area contributed by atoms with Crippen LogP contribution in [0.25, 0.3) is 21.8 Å². The minimum atomic E-state index is -0.433. The van der Waals surface area contributed by atoms with E-state index >= 15 is 0 Å². The fourth-order valence-corrected chi connectivity index (χ4v) is 2.96. The van der Waals surface area contributed by atoms with Gasteiger partial charge in [-0.25, -0.2) is 4.98 Å². The second-order valence-electron chi connectivity index (χ2n) is 4.93. The summed E-state index contributed by atoms with van der Waals surface area (Å²) in [7, 11) is 0. The number of nitrogens with two attached hydrogens (primary N) is 1. The summed E-state index contributed by atoms with van der Waals surface area (Å²) in [6.45, 7) is 2.03. The van der Waals surface area contributed by atoms with Gasteiger partial charge in [0.05, 0.1) is 10.6 Å². The van der Waals surface area contributed by atoms with E-state index in [1.54, 1.807) is 6.07 Å². The number of hydrogen-bond donors (Lipinski definition) is 1. The first-order valence-electron chi connectivity index (χ1n) is 6.61. The molecule has 0 saturated heterocycles. The van der Waals surface area contributed by atoms with E-state index in [4.69, 9.17) is 5.73 Å². The third-order valence-corrected chi connectivity index (χ3v) is 4.21. The zero-order valence-corrected chi connectivity index (χ0v) is 12.6. The molecule has 22 heavy (non-hydrogen) atoms. The van der Waals surface area contributed by atoms with E-state index in [0.29, 0.717) is 16.3 Å². The zero-order chi connectivity index (χ0) is 15.7. The highest BCUT2D eigenvalue weighted by Gasteiger charge is 2.14. The van der Waals surface area contributed by atoms with E-state index in [9.17, 15) is 10.1 Å². The van der Waals surface area contributed by atoms with Crippen LogP contribution in [0, 0.1) is 17.0 Å². The van der Waals surface area contributed by atoms with Crippen molar-refractivity contribution in [2.45, 2.75) is 6.92 Å². The van der Waals surface area contributed by atoms with Crippen LogP contribution >= 0.6 is 11.3 Å². The first-order valence-corrected chi connectivity index (χ1v) is 7.49. The normalized spacial score (nSPS) is 10.6. The van der Waals surface area contributed by atoms with Crippen molar-refractivity contribution in [1.29, 1.82) is 0 Å². The third-order valence-electron chi connectivity index (χ3n) is 3.33. The zero-order valence-electron chi connectivity index (χ0n) is 11.8. The van der Waals surface area contributed by atoms with Gasteiger partial charge in [0.25, 0.3) is 5.69 Å². The van der Waals surface area contributed by atoms with Crippen molar-refractivity contribution in [1.82, 2.24) is 4.98 Å². The van der Waals surface area contributed by atoms with Crippen LogP contribution in [0.15, 0.2) is 47.8 Å². The molecular formula is C16H13N3O2S. The number of aromatic nitrogens is 1. The maximum Gasteiger partial charge on any atom is 0.270 e. The minimum absolute atomic E-state index is 0.0104. The number of nitro benzene ring substituents is 1. The smallest absolute Gasteiger partial charge is 0.270 e. The molecule has 2 aromatic carbocycles. The molecule has 0 spiro atoms. The van der Waals surface area contributed by atoms with Crippen LogP contribution in [0.2, 0.25) is 0 Å². The topological polar surface area (TPSA) is 82.0 Å². The van der Waals surface area contributed by atoms with Crippen LogP contribution in [-0.4, -0.2) is 9.91 Å². The molecule has 0 fully saturated rings. The lowest BCUT2D eigenvalue weighted by atomic mass is 10.1. The second-order valence-corrected chi connectivity index (χ2v) is 5.79. The average molecular weight is 311 g/mol. The standard InChI is InChI=1S/C16H13N3O2S/c1-10-2-4-11(5-3-10)15-9-22-16(18-15)13-8-12(19(20)21)6-7-14(13)17/h2-9H,17H2,1H3. The van der Waals surface area contributed by atoms with Crippen molar-refractivity contribution in [2.24, 2.45) is 0 Å². The molecule has 1 aromatic heterocycles. The fourth-order valence-electron chi connectivity index (χ4n) is 2.10. The summed E-state index contributed by atoms with van der Waals surface area (Å²) in [5.74, 6) is 0. The van der Waals surface area contributed by atoms with Crippen LogP contribution in [0.3, 0.4) is 0 Å². The van der Waals surface area contributed by atoms with Gasteiger partial charge < -0.3 is 5.73 Å². The lowest BCUT2D eigenvalue weighted by molar-refractivity contribution is -0.384. The van der Waals surface area contributed by atoms with Gasteiger partial charge in [0.15, 0.2) is 0 Å². The van der Waals surface area contributed by atoms with Gasteiger partial charge >= 0.3 is 0 Å². The van der Waals surface area contributed by atoms with E-state index in [2.05, 4.69) is 4.98 Å². The van der Waals surface area contributed by atoms with Gasteiger partial charge in [0.1, 0.15) is 5.01 Å². The van der Waals surface area contributed by atoms with Gasteiger partial charge in [-0.2, -0.15) is 0 Å². The molecule has 5 nitrogen and oxygen atoms in total. The molecule has 0 amide bonds. The van der Waals surface area contributed by atoms with E-state index in [-0.39, 0.29) is 5.69 Å². The van der Waals surface area contributed by atoms with E-state index < -0.39 is 4.92 Å². The molecular weight excluding hydrogens is 298 g/mol. The number of benzene rings is 2. The Morgan fingerprint density at radius 3 is 2.59 bits per heavy atom. The number of thiazole rings is 1. The van der Waals surface area contributed by atoms with Gasteiger partial charge in [-0.15, -0.1) is 11.3 Å². The molecule has 110 valence electrons. The number of hydrogen-bond acceptors (Lipinski definition) is 5. The van der Waals surface area contributed by atoms with Crippen LogP contribution in [0.1, 0.15) is 5.56 Å². The average Bonchev–Trinajstić information content (AvgIpc) is 2.98. The monoisotopic (exact) mass is 311 g/mol. The molecule has 0 bridgehead atoms. The van der Waals surface area contributed by atoms with Gasteiger partial charge in [-0.3, -0.25) is 10.1 Å². The predicted molar refractivity (Wildman–Crippen MR) is 88.8 cm³/mol. The molecule has 1 heterocycles. The molecule has 0 aliphatic rings. The molecule has 0 aliphatic carbocycles. The number of aryl methyl sites for hydroxylation is 1. The summed E-state index contributed by atoms with van der Waals surface area (Å²) in [4.78, 5) is 15.0. The summed E-state index contributed by atoms with van der Waals surface area (Å²) in [6, 6.07) is 12.5. The molecule has 0 atom stereocenters. The first-order chi connectivity index (χ1) is 10.5. The molecule has 3 aromatic rings. The Labute approximate surface area is 131 Å². The molecule has 2 N–H and O–H groups in total. The maximum atomic E-state index is 10.9. The predicted octanol–water partition coefficient (Wildman–Crippen LogP) is 4.28. The van der Waals surface area contributed by atoms with E-state index in [0.717, 1.165) is 11.3 Å². The first kappa shape index (κ1) is 14.2. The van der Waals surface area contributed by atoms with Crippen molar-refractivity contribution in [3.05, 3.63) is 63.5 Å². The SMILES string of the molecule is Cc1ccc(-c2csc(-c3cc([N+](=O)[O-])ccc3N)n2)cc1. The summed E-state index contributed by atoms with van der Waals surface area (Å²) < 4.78 is 0. The number of nitrogen functional groups attached to an aromatic ring is 1. The Balaban J connectivity index is 2.02. The quantitative estimate of drug-likeness (QED) is 0.445. The Bertz CT molecular complexity index is 841. The number of non-ortho nitro benzene ring substituents is 1. The summed E-state index contributed by atoms with van der Waals surface area (Å²) in [6.07, 6.45) is 0. The van der Waals surface area contributed by atoms with Gasteiger partial charge in [-0.05, 0) is 13.0 Å². The minimum Gasteiger partial charge on any atom is -0.398 e. The second kappa shape index (κ2) is 5.57. The van der Waals surface area contributed by atoms with E-state index in [1.165, 1.54) is 29.0 Å². The van der Waals surface area contributed by atoms with Crippen LogP contribution in [0.4, 0.5) is 11.4 Å². The van der Waals surface area contributed by atoms with Crippen molar-refractivity contribution in [2.75, 3.05) is 5.73 Å². The Morgan fingerprint density at radius 2 is 1.91 bits per heavy atom. The van der Waals surface area contributed by atoms with Crippen molar-refractivity contribution >= 4 is 22.7 Å². The largest absolute Gasteiger partial charge is 0.398 e. The van der Waals surface area contributed by atoms with Crippen LogP contribution in [0.5, 0.6) is 0 Å². The Hall–Kier alpha value is -2.73. The van der Waals surface area contributed by atoms with Crippen LogP contribution in [-0.2, 0) is 0 Å². The Morgan fingerprint density at radius 1 is 1.18 bits per heavy atom. The molecule has 3 rings (SSSR count). The maximum absolute atomic E-state index is 10.9. The van der Waals surface area contributed by atoms with Crippen LogP contribution < -0.4 is 5.73 Å². The summed E-state index contributed by atoms with van der Waals surface area (Å²) in [5, 5.41) is 13.5. The van der Waals surface area contributed by atoms with Gasteiger partial charge in [0.2, 0.25) is 0 Å². The number of nitro groups is 1. The number of nitrogens with zero attached hydrogens (tertiary/aromatic N) is 2. The molecule has 0 unspecified atom stereocenters. The van der Waals surface area contributed by atoms with Gasteiger partial charge in [-0.1, -0.05) is 29.8 Å². The number of rotatable bonds is 3. The fraction of sp³-hybridized carbons (Fsp3) is 0.0625. The third kappa shape index (κ3) is 2.68. The highest BCUT2D eigenvalue weighted by Crippen LogP contribution is 2.34. The molecule has 0 saturated carbocycles. The van der Waals surface area contributed by atoms with Crippen molar-refractivity contribution in [3.8, 4) is 21.8 Å². The lowest BCUT2D eigenvalue weighted by Gasteiger charge is -2.02. The Kier molecular flexibility index (Phi) is 3.60. The number of anilines is 1. The summed E-state index contributed by atoms with van der Waals surface area (Å²) in [5.41, 5.74) is 10.1. The van der Waals surface area contributed by atoms with Crippen molar-refractivity contribution in [3.63, 3.8) is 0 Å². The highest BCUT2D eigenvalue weighted by atomic mass is 32.1. The van der Waals surface area contributed by atoms with E-state index in [1.807, 2.05) is 36.6 Å². The van der Waals surface area contributed by atoms with Crippen molar-refractivity contribution < 1.29 is 4.92 Å². The molecule has 0 aliphatic heterocycles. The van der Waals surface area contributed by atoms with Gasteiger partial charge in [0, 0.05) is 34.3 Å². The highest BCUT2D eigenvalue weighted by molar-refractivity contribution is 7.13.